The molecule has 0 heterocycles. The maximum Gasteiger partial charge on any atom is 0.223 e. The third kappa shape index (κ3) is 4.11. The van der Waals surface area contributed by atoms with Crippen LogP contribution in [0.2, 0.25) is 0 Å². The molecule has 0 bridgehead atoms. The SMILES string of the molecule is CC(NC(=O)C1CC1)c1ccc(C#CCCO)cc1. The summed E-state index contributed by atoms with van der Waals surface area (Å²) in [7, 11) is 0. The van der Waals surface area contributed by atoms with Crippen molar-refractivity contribution in [1.29, 1.82) is 0 Å². The molecule has 1 aliphatic rings. The average molecular weight is 257 g/mol. The van der Waals surface area contributed by atoms with Crippen molar-refractivity contribution in [2.75, 3.05) is 6.61 Å². The van der Waals surface area contributed by atoms with Crippen molar-refractivity contribution in [3.05, 3.63) is 35.4 Å². The Morgan fingerprint density at radius 2 is 2.11 bits per heavy atom. The fraction of sp³-hybridized carbons (Fsp3) is 0.438. The van der Waals surface area contributed by atoms with Gasteiger partial charge < -0.3 is 10.4 Å². The van der Waals surface area contributed by atoms with Crippen LogP contribution >= 0.6 is 0 Å². The third-order valence-corrected chi connectivity index (χ3v) is 3.19. The standard InChI is InChI=1S/C16H19NO2/c1-12(17-16(19)15-9-10-15)14-7-5-13(6-8-14)4-2-3-11-18/h5-8,12,15,18H,3,9-11H2,1H3,(H,17,19). The van der Waals surface area contributed by atoms with Crippen molar-refractivity contribution in [3.8, 4) is 11.8 Å². The Bertz CT molecular complexity index is 492. The van der Waals surface area contributed by atoms with Gasteiger partial charge in [0.1, 0.15) is 0 Å². The molecular weight excluding hydrogens is 238 g/mol. The topological polar surface area (TPSA) is 49.3 Å². The van der Waals surface area contributed by atoms with Gasteiger partial charge in [-0.05, 0) is 37.5 Å². The summed E-state index contributed by atoms with van der Waals surface area (Å²) in [4.78, 5) is 11.7. The fourth-order valence-electron chi connectivity index (χ4n) is 1.84. The van der Waals surface area contributed by atoms with Crippen LogP contribution < -0.4 is 5.32 Å². The van der Waals surface area contributed by atoms with Crippen LogP contribution in [0, 0.1) is 17.8 Å². The summed E-state index contributed by atoms with van der Waals surface area (Å²) in [6.45, 7) is 2.09. The van der Waals surface area contributed by atoms with Gasteiger partial charge in [0.2, 0.25) is 5.91 Å². The van der Waals surface area contributed by atoms with E-state index in [1.807, 2.05) is 31.2 Å². The molecular formula is C16H19NO2. The van der Waals surface area contributed by atoms with Crippen LogP contribution in [0.3, 0.4) is 0 Å². The first-order valence-electron chi connectivity index (χ1n) is 6.71. The second kappa shape index (κ2) is 6.40. The molecule has 0 spiro atoms. The number of carbonyl (C=O) groups excluding carboxylic acids is 1. The summed E-state index contributed by atoms with van der Waals surface area (Å²) < 4.78 is 0. The highest BCUT2D eigenvalue weighted by Gasteiger charge is 2.30. The van der Waals surface area contributed by atoms with Crippen LogP contribution in [0.4, 0.5) is 0 Å². The molecule has 2 N–H and O–H groups in total. The first-order chi connectivity index (χ1) is 9.20. The zero-order valence-electron chi connectivity index (χ0n) is 11.1. The van der Waals surface area contributed by atoms with Crippen LogP contribution in [0.15, 0.2) is 24.3 Å². The molecule has 0 radical (unpaired) electrons. The first kappa shape index (κ1) is 13.6. The van der Waals surface area contributed by atoms with Gasteiger partial charge >= 0.3 is 0 Å². The Morgan fingerprint density at radius 3 is 2.68 bits per heavy atom. The highest BCUT2D eigenvalue weighted by Crippen LogP contribution is 2.29. The summed E-state index contributed by atoms with van der Waals surface area (Å²) in [6.07, 6.45) is 2.55. The number of hydrogen-bond acceptors (Lipinski definition) is 2. The lowest BCUT2D eigenvalue weighted by molar-refractivity contribution is -0.122. The molecule has 19 heavy (non-hydrogen) atoms. The predicted octanol–water partition coefficient (Wildman–Crippen LogP) is 2.01. The Hall–Kier alpha value is -1.79. The second-order valence-corrected chi connectivity index (χ2v) is 4.90. The minimum absolute atomic E-state index is 0.0348. The molecule has 1 aromatic carbocycles. The number of carbonyl (C=O) groups is 1. The van der Waals surface area contributed by atoms with E-state index in [1.165, 1.54) is 0 Å². The number of nitrogens with one attached hydrogen (secondary N) is 1. The van der Waals surface area contributed by atoms with Gasteiger partial charge in [-0.1, -0.05) is 24.0 Å². The zero-order chi connectivity index (χ0) is 13.7. The molecule has 0 aliphatic heterocycles. The molecule has 3 heteroatoms. The summed E-state index contributed by atoms with van der Waals surface area (Å²) in [5, 5.41) is 11.7. The normalized spacial score (nSPS) is 15.3. The van der Waals surface area contributed by atoms with E-state index in [9.17, 15) is 4.79 Å². The summed E-state index contributed by atoms with van der Waals surface area (Å²) in [5.74, 6) is 6.28. The minimum atomic E-state index is 0.0348. The molecule has 1 aliphatic carbocycles. The lowest BCUT2D eigenvalue weighted by atomic mass is 10.1. The molecule has 3 nitrogen and oxygen atoms in total. The fourth-order valence-corrected chi connectivity index (χ4v) is 1.84. The molecule has 0 aromatic heterocycles. The van der Waals surface area contributed by atoms with Crippen molar-refractivity contribution >= 4 is 5.91 Å². The lowest BCUT2D eigenvalue weighted by Gasteiger charge is -2.14. The number of hydrogen-bond donors (Lipinski definition) is 2. The van der Waals surface area contributed by atoms with Gasteiger partial charge in [0.05, 0.1) is 12.6 Å². The Morgan fingerprint density at radius 1 is 1.42 bits per heavy atom. The van der Waals surface area contributed by atoms with E-state index in [2.05, 4.69) is 17.2 Å². The van der Waals surface area contributed by atoms with E-state index in [0.29, 0.717) is 6.42 Å². The van der Waals surface area contributed by atoms with E-state index in [1.54, 1.807) is 0 Å². The van der Waals surface area contributed by atoms with Gasteiger partial charge in [-0.25, -0.2) is 0 Å². The van der Waals surface area contributed by atoms with Crippen LogP contribution in [-0.4, -0.2) is 17.6 Å². The van der Waals surface area contributed by atoms with Crippen LogP contribution in [0.1, 0.15) is 43.4 Å². The Balaban J connectivity index is 1.93. The highest BCUT2D eigenvalue weighted by molar-refractivity contribution is 5.81. The second-order valence-electron chi connectivity index (χ2n) is 4.90. The van der Waals surface area contributed by atoms with E-state index in [0.717, 1.165) is 24.0 Å². The molecule has 1 amide bonds. The van der Waals surface area contributed by atoms with Crippen molar-refractivity contribution in [1.82, 2.24) is 5.32 Å². The number of aliphatic hydroxyl groups is 1. The summed E-state index contributed by atoms with van der Waals surface area (Å²) >= 11 is 0. The molecule has 1 unspecified atom stereocenters. The van der Waals surface area contributed by atoms with E-state index < -0.39 is 0 Å². The maximum absolute atomic E-state index is 11.7. The Labute approximate surface area is 114 Å². The van der Waals surface area contributed by atoms with Gasteiger partial charge in [-0.2, -0.15) is 0 Å². The number of rotatable bonds is 4. The highest BCUT2D eigenvalue weighted by atomic mass is 16.2. The van der Waals surface area contributed by atoms with Crippen molar-refractivity contribution in [2.45, 2.75) is 32.2 Å². The quantitative estimate of drug-likeness (QED) is 0.811. The van der Waals surface area contributed by atoms with E-state index >= 15 is 0 Å². The van der Waals surface area contributed by atoms with Gasteiger partial charge in [0, 0.05) is 17.9 Å². The molecule has 2 rings (SSSR count). The average Bonchev–Trinajstić information content (AvgIpc) is 3.24. The zero-order valence-corrected chi connectivity index (χ0v) is 11.1. The number of aliphatic hydroxyl groups excluding tert-OH is 1. The molecule has 100 valence electrons. The molecule has 0 saturated heterocycles. The van der Waals surface area contributed by atoms with Crippen LogP contribution in [0.5, 0.6) is 0 Å². The van der Waals surface area contributed by atoms with Gasteiger partial charge in [0.15, 0.2) is 0 Å². The van der Waals surface area contributed by atoms with Crippen molar-refractivity contribution in [3.63, 3.8) is 0 Å². The van der Waals surface area contributed by atoms with Gasteiger partial charge in [-0.15, -0.1) is 0 Å². The Kier molecular flexibility index (Phi) is 4.59. The third-order valence-electron chi connectivity index (χ3n) is 3.19. The smallest absolute Gasteiger partial charge is 0.223 e. The van der Waals surface area contributed by atoms with Crippen molar-refractivity contribution < 1.29 is 9.90 Å². The monoisotopic (exact) mass is 257 g/mol. The van der Waals surface area contributed by atoms with Crippen LogP contribution in [0.25, 0.3) is 0 Å². The van der Waals surface area contributed by atoms with E-state index in [-0.39, 0.29) is 24.5 Å². The predicted molar refractivity (Wildman–Crippen MR) is 74.3 cm³/mol. The lowest BCUT2D eigenvalue weighted by Crippen LogP contribution is -2.27. The number of benzene rings is 1. The number of amides is 1. The molecule has 1 saturated carbocycles. The molecule has 1 fully saturated rings. The maximum atomic E-state index is 11.7. The summed E-state index contributed by atoms with van der Waals surface area (Å²) in [5.41, 5.74) is 2.01. The largest absolute Gasteiger partial charge is 0.395 e. The molecule has 1 aromatic rings. The first-order valence-corrected chi connectivity index (χ1v) is 6.71. The molecule has 1 atom stereocenters. The van der Waals surface area contributed by atoms with Crippen molar-refractivity contribution in [2.24, 2.45) is 5.92 Å². The van der Waals surface area contributed by atoms with Crippen LogP contribution in [-0.2, 0) is 4.79 Å². The summed E-state index contributed by atoms with van der Waals surface area (Å²) in [6, 6.07) is 7.90. The van der Waals surface area contributed by atoms with Gasteiger partial charge in [0.25, 0.3) is 0 Å². The minimum Gasteiger partial charge on any atom is -0.395 e. The van der Waals surface area contributed by atoms with E-state index in [4.69, 9.17) is 5.11 Å². The van der Waals surface area contributed by atoms with Gasteiger partial charge in [-0.3, -0.25) is 4.79 Å².